The Morgan fingerprint density at radius 3 is 2.35 bits per heavy atom. The number of esters is 1. The fraction of sp³-hybridized carbons (Fsp3) is 0.240. The van der Waals surface area contributed by atoms with Crippen LogP contribution in [0.4, 0.5) is 5.69 Å². The predicted octanol–water partition coefficient (Wildman–Crippen LogP) is 2.34. The second-order valence-electron chi connectivity index (χ2n) is 7.88. The lowest BCUT2D eigenvalue weighted by Gasteiger charge is -2.24. The van der Waals surface area contributed by atoms with Crippen LogP contribution >= 0.6 is 11.3 Å². The number of ether oxygens (including phenoxy) is 4. The first-order chi connectivity index (χ1) is 17.7. The van der Waals surface area contributed by atoms with Crippen LogP contribution in [0.3, 0.4) is 0 Å². The summed E-state index contributed by atoms with van der Waals surface area (Å²) >= 11 is 1.12. The van der Waals surface area contributed by atoms with Gasteiger partial charge in [-0.2, -0.15) is 0 Å². The van der Waals surface area contributed by atoms with Crippen molar-refractivity contribution in [2.24, 2.45) is 4.99 Å². The molecule has 0 saturated heterocycles. The maximum Gasteiger partial charge on any atom is 0.338 e. The molecule has 0 saturated carbocycles. The molecule has 192 valence electrons. The van der Waals surface area contributed by atoms with Crippen LogP contribution < -0.4 is 29.1 Å². The molecule has 4 rings (SSSR count). The number of fused-ring (bicyclic) bond motifs is 1. The minimum absolute atomic E-state index is 0.120. The normalized spacial score (nSPS) is 15.1. The lowest BCUT2D eigenvalue weighted by Crippen LogP contribution is -2.39. The van der Waals surface area contributed by atoms with E-state index in [-0.39, 0.29) is 11.3 Å². The smallest absolute Gasteiger partial charge is 0.338 e. The van der Waals surface area contributed by atoms with E-state index in [4.69, 9.17) is 18.9 Å². The van der Waals surface area contributed by atoms with Gasteiger partial charge in [0, 0.05) is 12.1 Å². The van der Waals surface area contributed by atoms with E-state index in [0.717, 1.165) is 11.3 Å². The Morgan fingerprint density at radius 1 is 1.11 bits per heavy atom. The number of carbonyl (C=O) groups is 1. The third kappa shape index (κ3) is 4.58. The van der Waals surface area contributed by atoms with Crippen LogP contribution in [0, 0.1) is 10.1 Å². The van der Waals surface area contributed by atoms with Crippen molar-refractivity contribution in [1.82, 2.24) is 4.57 Å². The largest absolute Gasteiger partial charge is 0.493 e. The number of thiazole rings is 1. The number of hydrogen-bond acceptors (Lipinski definition) is 10. The summed E-state index contributed by atoms with van der Waals surface area (Å²) in [5.74, 6) is 0.558. The van der Waals surface area contributed by atoms with Gasteiger partial charge in [0.1, 0.15) is 0 Å². The molecule has 1 aromatic heterocycles. The van der Waals surface area contributed by atoms with Crippen molar-refractivity contribution in [3.8, 4) is 17.2 Å². The average Bonchev–Trinajstić information content (AvgIpc) is 3.20. The van der Waals surface area contributed by atoms with Gasteiger partial charge >= 0.3 is 5.97 Å². The van der Waals surface area contributed by atoms with Gasteiger partial charge in [-0.15, -0.1) is 0 Å². The summed E-state index contributed by atoms with van der Waals surface area (Å²) < 4.78 is 22.8. The van der Waals surface area contributed by atoms with Crippen molar-refractivity contribution in [3.05, 3.63) is 88.6 Å². The maximum absolute atomic E-state index is 13.7. The topological polar surface area (TPSA) is 131 Å². The molecule has 1 aliphatic rings. The highest BCUT2D eigenvalue weighted by Crippen LogP contribution is 2.38. The van der Waals surface area contributed by atoms with Gasteiger partial charge in [0.15, 0.2) is 16.3 Å². The SMILES string of the molecule is COC(=O)C1=C(C)N=c2s/c(=C\c3cc(OC)c(OC)c(OC)c3)c(=O)n2C1c1cccc([N+](=O)[O-])c1. The number of hydrogen-bond donors (Lipinski definition) is 0. The Bertz CT molecular complexity index is 1590. The highest BCUT2D eigenvalue weighted by Gasteiger charge is 2.33. The first-order valence-corrected chi connectivity index (χ1v) is 11.7. The molecule has 0 amide bonds. The Morgan fingerprint density at radius 2 is 1.78 bits per heavy atom. The third-order valence-electron chi connectivity index (χ3n) is 5.81. The second kappa shape index (κ2) is 10.3. The molecule has 11 nitrogen and oxygen atoms in total. The van der Waals surface area contributed by atoms with Crippen LogP contribution in [-0.4, -0.2) is 43.9 Å². The molecular formula is C25H23N3O8S. The summed E-state index contributed by atoms with van der Waals surface area (Å²) in [6.07, 6.45) is 1.65. The molecule has 1 atom stereocenters. The van der Waals surface area contributed by atoms with Crippen LogP contribution in [0.2, 0.25) is 0 Å². The zero-order valence-corrected chi connectivity index (χ0v) is 21.5. The molecule has 0 aliphatic carbocycles. The van der Waals surface area contributed by atoms with Gasteiger partial charge in [-0.1, -0.05) is 23.5 Å². The summed E-state index contributed by atoms with van der Waals surface area (Å²) in [4.78, 5) is 42.2. The van der Waals surface area contributed by atoms with Crippen molar-refractivity contribution in [2.45, 2.75) is 13.0 Å². The van der Waals surface area contributed by atoms with Crippen molar-refractivity contribution in [3.63, 3.8) is 0 Å². The number of nitro groups is 1. The van der Waals surface area contributed by atoms with Crippen LogP contribution in [0.25, 0.3) is 6.08 Å². The third-order valence-corrected chi connectivity index (χ3v) is 6.79. The molecule has 0 fully saturated rings. The molecule has 0 spiro atoms. The first-order valence-electron chi connectivity index (χ1n) is 10.9. The maximum atomic E-state index is 13.7. The van der Waals surface area contributed by atoms with E-state index in [1.165, 1.54) is 51.2 Å². The van der Waals surface area contributed by atoms with E-state index in [1.807, 2.05) is 0 Å². The lowest BCUT2D eigenvalue weighted by atomic mass is 9.95. The van der Waals surface area contributed by atoms with E-state index < -0.39 is 22.5 Å². The Labute approximate surface area is 214 Å². The van der Waals surface area contributed by atoms with Gasteiger partial charge in [-0.05, 0) is 36.3 Å². The summed E-state index contributed by atoms with van der Waals surface area (Å²) in [5.41, 5.74) is 0.859. The Hall–Kier alpha value is -4.45. The minimum Gasteiger partial charge on any atom is -0.493 e. The number of benzene rings is 2. The van der Waals surface area contributed by atoms with Crippen molar-refractivity contribution >= 4 is 29.1 Å². The number of nitro benzene ring substituents is 1. The molecule has 1 aliphatic heterocycles. The molecule has 2 aromatic carbocycles. The zero-order chi connectivity index (χ0) is 26.9. The number of allylic oxidation sites excluding steroid dienone is 1. The highest BCUT2D eigenvalue weighted by atomic mass is 32.1. The Kier molecular flexibility index (Phi) is 7.11. The monoisotopic (exact) mass is 525 g/mol. The standard InChI is InChI=1S/C25H23N3O8S/c1-13-20(24(30)36-5)21(15-7-6-8-16(12-15)28(31)32)27-23(29)19(37-25(27)26-13)11-14-9-17(33-2)22(35-4)18(10-14)34-3/h6-12,21H,1-5H3/b19-11-. The van der Waals surface area contributed by atoms with Gasteiger partial charge in [0.25, 0.3) is 11.2 Å². The van der Waals surface area contributed by atoms with Gasteiger partial charge in [0.05, 0.1) is 55.2 Å². The van der Waals surface area contributed by atoms with Crippen molar-refractivity contribution in [2.75, 3.05) is 28.4 Å². The quantitative estimate of drug-likeness (QED) is 0.261. The number of carbonyl (C=O) groups excluding carboxylic acids is 1. The fourth-order valence-electron chi connectivity index (χ4n) is 4.15. The van der Waals surface area contributed by atoms with Crippen molar-refractivity contribution < 1.29 is 28.7 Å². The van der Waals surface area contributed by atoms with Gasteiger partial charge < -0.3 is 18.9 Å². The zero-order valence-electron chi connectivity index (χ0n) is 20.6. The average molecular weight is 526 g/mol. The molecule has 3 aromatic rings. The highest BCUT2D eigenvalue weighted by molar-refractivity contribution is 7.07. The molecule has 37 heavy (non-hydrogen) atoms. The molecular weight excluding hydrogens is 502 g/mol. The molecule has 2 heterocycles. The Balaban J connectivity index is 1.98. The van der Waals surface area contributed by atoms with E-state index in [1.54, 1.807) is 31.2 Å². The summed E-state index contributed by atoms with van der Waals surface area (Å²) in [6.45, 7) is 1.63. The molecule has 0 radical (unpaired) electrons. The molecule has 0 N–H and O–H groups in total. The van der Waals surface area contributed by atoms with Gasteiger partial charge in [-0.3, -0.25) is 19.5 Å². The molecule has 0 bridgehead atoms. The molecule has 1 unspecified atom stereocenters. The van der Waals surface area contributed by atoms with Gasteiger partial charge in [-0.25, -0.2) is 9.79 Å². The summed E-state index contributed by atoms with van der Waals surface area (Å²) in [7, 11) is 5.70. The minimum atomic E-state index is -0.967. The number of rotatable bonds is 7. The number of aromatic nitrogens is 1. The van der Waals surface area contributed by atoms with E-state index >= 15 is 0 Å². The van der Waals surface area contributed by atoms with E-state index in [0.29, 0.717) is 43.4 Å². The molecule has 12 heteroatoms. The predicted molar refractivity (Wildman–Crippen MR) is 135 cm³/mol. The van der Waals surface area contributed by atoms with E-state index in [2.05, 4.69) is 4.99 Å². The lowest BCUT2D eigenvalue weighted by molar-refractivity contribution is -0.384. The van der Waals surface area contributed by atoms with Crippen LogP contribution in [0.1, 0.15) is 24.1 Å². The van der Waals surface area contributed by atoms with Crippen LogP contribution in [0.15, 0.2) is 57.5 Å². The first kappa shape index (κ1) is 25.6. The number of non-ortho nitro benzene ring substituents is 1. The fourth-order valence-corrected chi connectivity index (χ4v) is 5.20. The summed E-state index contributed by atoms with van der Waals surface area (Å²) in [6, 6.07) is 8.23. The summed E-state index contributed by atoms with van der Waals surface area (Å²) in [5, 5.41) is 11.4. The van der Waals surface area contributed by atoms with Crippen molar-refractivity contribution in [1.29, 1.82) is 0 Å². The van der Waals surface area contributed by atoms with Gasteiger partial charge in [0.2, 0.25) is 5.75 Å². The van der Waals surface area contributed by atoms with Crippen LogP contribution in [0.5, 0.6) is 17.2 Å². The van der Waals surface area contributed by atoms with E-state index in [9.17, 15) is 19.7 Å². The number of nitrogens with zero attached hydrogens (tertiary/aromatic N) is 3. The van der Waals surface area contributed by atoms with Crippen LogP contribution in [-0.2, 0) is 9.53 Å². The second-order valence-corrected chi connectivity index (χ2v) is 8.89. The number of methoxy groups -OCH3 is 4.